The third kappa shape index (κ3) is 2.52. The summed E-state index contributed by atoms with van der Waals surface area (Å²) >= 11 is 1.67. The number of aromatic nitrogens is 3. The molecule has 5 nitrogen and oxygen atoms in total. The minimum absolute atomic E-state index is 0.678. The Bertz CT molecular complexity index is 473. The van der Waals surface area contributed by atoms with Gasteiger partial charge in [0, 0.05) is 31.6 Å². The van der Waals surface area contributed by atoms with E-state index in [1.54, 1.807) is 22.2 Å². The number of nitrogens with zero attached hydrogens (tertiary/aromatic N) is 3. The third-order valence-corrected chi connectivity index (χ3v) is 3.02. The highest BCUT2D eigenvalue weighted by molar-refractivity contribution is 7.09. The summed E-state index contributed by atoms with van der Waals surface area (Å²) < 4.78 is 1.70. The summed E-state index contributed by atoms with van der Waals surface area (Å²) in [5.41, 5.74) is 7.56. The van der Waals surface area contributed by atoms with E-state index in [1.807, 2.05) is 14.0 Å². The summed E-state index contributed by atoms with van der Waals surface area (Å²) in [5, 5.41) is 10.6. The van der Waals surface area contributed by atoms with Gasteiger partial charge in [-0.05, 0) is 6.92 Å². The van der Waals surface area contributed by atoms with Crippen LogP contribution in [0.1, 0.15) is 10.7 Å². The molecule has 0 aliphatic rings. The van der Waals surface area contributed by atoms with Crippen molar-refractivity contribution in [1.29, 1.82) is 0 Å². The van der Waals surface area contributed by atoms with Gasteiger partial charge in [0.05, 0.1) is 16.4 Å². The van der Waals surface area contributed by atoms with Gasteiger partial charge in [0.25, 0.3) is 0 Å². The summed E-state index contributed by atoms with van der Waals surface area (Å²) in [5.74, 6) is 0.745. The van der Waals surface area contributed by atoms with Gasteiger partial charge in [-0.15, -0.1) is 11.3 Å². The molecule has 0 bridgehead atoms. The summed E-state index contributed by atoms with van der Waals surface area (Å²) in [6, 6.07) is 0. The molecule has 3 N–H and O–H groups in total. The van der Waals surface area contributed by atoms with Gasteiger partial charge < -0.3 is 11.1 Å². The van der Waals surface area contributed by atoms with Crippen LogP contribution in [0.2, 0.25) is 0 Å². The molecule has 2 aromatic heterocycles. The fraction of sp³-hybridized carbons (Fsp3) is 0.400. The van der Waals surface area contributed by atoms with E-state index in [4.69, 9.17) is 5.73 Å². The average molecular weight is 237 g/mol. The largest absolute Gasteiger partial charge is 0.394 e. The van der Waals surface area contributed by atoms with Crippen molar-refractivity contribution in [3.05, 3.63) is 22.3 Å². The molecule has 6 heteroatoms. The van der Waals surface area contributed by atoms with E-state index < -0.39 is 0 Å². The van der Waals surface area contributed by atoms with Gasteiger partial charge in [-0.1, -0.05) is 0 Å². The van der Waals surface area contributed by atoms with Crippen LogP contribution >= 0.6 is 11.3 Å². The molecule has 0 radical (unpaired) electrons. The highest BCUT2D eigenvalue weighted by Gasteiger charge is 2.03. The Kier molecular flexibility index (Phi) is 3.09. The number of rotatable bonds is 4. The van der Waals surface area contributed by atoms with E-state index in [9.17, 15) is 0 Å². The number of anilines is 2. The summed E-state index contributed by atoms with van der Waals surface area (Å²) in [6.45, 7) is 2.81. The van der Waals surface area contributed by atoms with Crippen molar-refractivity contribution in [3.63, 3.8) is 0 Å². The lowest BCUT2D eigenvalue weighted by molar-refractivity contribution is 0.767. The predicted octanol–water partition coefficient (Wildman–Crippen LogP) is 1.42. The summed E-state index contributed by atoms with van der Waals surface area (Å²) in [6.07, 6.45) is 2.68. The van der Waals surface area contributed by atoms with E-state index in [1.165, 1.54) is 0 Å². The van der Waals surface area contributed by atoms with Gasteiger partial charge >= 0.3 is 0 Å². The van der Waals surface area contributed by atoms with E-state index >= 15 is 0 Å². The number of thiazole rings is 1. The zero-order valence-corrected chi connectivity index (χ0v) is 10.2. The molecular weight excluding hydrogens is 222 g/mol. The summed E-state index contributed by atoms with van der Waals surface area (Å²) in [4.78, 5) is 4.39. The molecule has 2 rings (SSSR count). The van der Waals surface area contributed by atoms with Gasteiger partial charge in [0.2, 0.25) is 0 Å². The SMILES string of the molecule is Cc1nc(CCNc2nn(C)cc2N)cs1. The third-order valence-electron chi connectivity index (χ3n) is 2.20. The first-order valence-corrected chi connectivity index (χ1v) is 5.97. The van der Waals surface area contributed by atoms with Gasteiger partial charge in [0.1, 0.15) is 0 Å². The van der Waals surface area contributed by atoms with Crippen LogP contribution in [0, 0.1) is 6.92 Å². The van der Waals surface area contributed by atoms with Crippen LogP contribution < -0.4 is 11.1 Å². The number of hydrogen-bond donors (Lipinski definition) is 2. The van der Waals surface area contributed by atoms with E-state index in [0.29, 0.717) is 5.69 Å². The molecule has 0 unspecified atom stereocenters. The lowest BCUT2D eigenvalue weighted by atomic mass is 10.3. The summed E-state index contributed by atoms with van der Waals surface area (Å²) in [7, 11) is 1.85. The van der Waals surface area contributed by atoms with Crippen molar-refractivity contribution in [3.8, 4) is 0 Å². The van der Waals surface area contributed by atoms with Gasteiger partial charge in [-0.25, -0.2) is 4.98 Å². The lowest BCUT2D eigenvalue weighted by Gasteiger charge is -2.01. The van der Waals surface area contributed by atoms with Crippen molar-refractivity contribution in [2.75, 3.05) is 17.6 Å². The second-order valence-electron chi connectivity index (χ2n) is 3.64. The number of hydrogen-bond acceptors (Lipinski definition) is 5. The van der Waals surface area contributed by atoms with Crippen molar-refractivity contribution in [1.82, 2.24) is 14.8 Å². The van der Waals surface area contributed by atoms with E-state index in [0.717, 1.165) is 29.5 Å². The van der Waals surface area contributed by atoms with Crippen LogP contribution in [0.15, 0.2) is 11.6 Å². The fourth-order valence-corrected chi connectivity index (χ4v) is 2.12. The monoisotopic (exact) mass is 237 g/mol. The second-order valence-corrected chi connectivity index (χ2v) is 4.70. The maximum Gasteiger partial charge on any atom is 0.171 e. The van der Waals surface area contributed by atoms with Crippen LogP contribution in [0.4, 0.5) is 11.5 Å². The quantitative estimate of drug-likeness (QED) is 0.844. The fourth-order valence-electron chi connectivity index (χ4n) is 1.48. The number of aryl methyl sites for hydroxylation is 2. The molecule has 0 amide bonds. The van der Waals surface area contributed by atoms with Crippen LogP contribution in [-0.2, 0) is 13.5 Å². The Hall–Kier alpha value is -1.56. The standard InChI is InChI=1S/C10H15N5S/c1-7-13-8(6-16-7)3-4-12-10-9(11)5-15(2)14-10/h5-6H,3-4,11H2,1-2H3,(H,12,14). The molecule has 0 atom stereocenters. The Labute approximate surface area is 98.3 Å². The minimum Gasteiger partial charge on any atom is -0.394 e. The van der Waals surface area contributed by atoms with Crippen molar-refractivity contribution in [2.45, 2.75) is 13.3 Å². The minimum atomic E-state index is 0.678. The molecule has 0 saturated heterocycles. The number of nitrogens with two attached hydrogens (primary N) is 1. The van der Waals surface area contributed by atoms with Crippen LogP contribution in [0.3, 0.4) is 0 Å². The molecule has 16 heavy (non-hydrogen) atoms. The zero-order chi connectivity index (χ0) is 11.5. The van der Waals surface area contributed by atoms with Crippen LogP contribution in [0.25, 0.3) is 0 Å². The van der Waals surface area contributed by atoms with Crippen molar-refractivity contribution >= 4 is 22.8 Å². The molecule has 0 spiro atoms. The maximum atomic E-state index is 5.77. The van der Waals surface area contributed by atoms with Crippen LogP contribution in [0.5, 0.6) is 0 Å². The molecule has 0 aliphatic carbocycles. The highest BCUT2D eigenvalue weighted by Crippen LogP contribution is 2.14. The molecule has 86 valence electrons. The number of nitrogens with one attached hydrogen (secondary N) is 1. The average Bonchev–Trinajstić information content (AvgIpc) is 2.74. The highest BCUT2D eigenvalue weighted by atomic mass is 32.1. The van der Waals surface area contributed by atoms with Gasteiger partial charge in [-0.3, -0.25) is 4.68 Å². The first-order chi connectivity index (χ1) is 7.65. The topological polar surface area (TPSA) is 68.8 Å². The second kappa shape index (κ2) is 4.52. The van der Waals surface area contributed by atoms with Crippen LogP contribution in [-0.4, -0.2) is 21.3 Å². The van der Waals surface area contributed by atoms with Gasteiger partial charge in [-0.2, -0.15) is 5.10 Å². The van der Waals surface area contributed by atoms with Crippen molar-refractivity contribution < 1.29 is 0 Å². The Morgan fingerprint density at radius 1 is 1.56 bits per heavy atom. The van der Waals surface area contributed by atoms with E-state index in [2.05, 4.69) is 20.8 Å². The zero-order valence-electron chi connectivity index (χ0n) is 9.40. The van der Waals surface area contributed by atoms with E-state index in [-0.39, 0.29) is 0 Å². The van der Waals surface area contributed by atoms with Crippen molar-refractivity contribution in [2.24, 2.45) is 7.05 Å². The Morgan fingerprint density at radius 2 is 2.38 bits per heavy atom. The number of nitrogen functional groups attached to an aromatic ring is 1. The molecular formula is C10H15N5S. The lowest BCUT2D eigenvalue weighted by Crippen LogP contribution is -2.07. The molecule has 0 saturated carbocycles. The molecule has 0 aromatic carbocycles. The normalized spacial score (nSPS) is 10.6. The first kappa shape index (κ1) is 10.9. The first-order valence-electron chi connectivity index (χ1n) is 5.09. The molecule has 2 aromatic rings. The molecule has 0 aliphatic heterocycles. The van der Waals surface area contributed by atoms with Gasteiger partial charge in [0.15, 0.2) is 5.82 Å². The predicted molar refractivity (Wildman–Crippen MR) is 66.7 cm³/mol. The Morgan fingerprint density at radius 3 is 2.94 bits per heavy atom. The maximum absolute atomic E-state index is 5.77. The molecule has 0 fully saturated rings. The smallest absolute Gasteiger partial charge is 0.171 e. The Balaban J connectivity index is 1.86. The molecule has 2 heterocycles.